The molecule has 0 atom stereocenters. The van der Waals surface area contributed by atoms with Crippen molar-refractivity contribution < 1.29 is 19.1 Å². The molecule has 0 aliphatic rings. The fourth-order valence-electron chi connectivity index (χ4n) is 3.38. The highest BCUT2D eigenvalue weighted by molar-refractivity contribution is 9.10. The van der Waals surface area contributed by atoms with E-state index in [0.29, 0.717) is 37.6 Å². The lowest BCUT2D eigenvalue weighted by molar-refractivity contribution is -0.121. The molecule has 0 aliphatic carbocycles. The average molecular weight is 638 g/mol. The summed E-state index contributed by atoms with van der Waals surface area (Å²) < 4.78 is 13.0. The molecule has 2 amide bonds. The number of hydrazone groups is 2. The van der Waals surface area contributed by atoms with Crippen molar-refractivity contribution in [1.29, 1.82) is 0 Å². The van der Waals surface area contributed by atoms with Gasteiger partial charge in [0.2, 0.25) is 11.8 Å². The zero-order valence-corrected chi connectivity index (χ0v) is 24.4. The topological polar surface area (TPSA) is 101 Å². The van der Waals surface area contributed by atoms with Crippen LogP contribution in [-0.2, 0) is 9.59 Å². The molecule has 0 saturated carbocycles. The molecule has 10 heteroatoms. The van der Waals surface area contributed by atoms with Crippen LogP contribution in [0, 0.1) is 0 Å². The normalized spacial score (nSPS) is 11.1. The van der Waals surface area contributed by atoms with Gasteiger partial charge in [0, 0.05) is 32.9 Å². The highest BCUT2D eigenvalue weighted by Gasteiger charge is 2.05. The molecule has 37 heavy (non-hydrogen) atoms. The van der Waals surface area contributed by atoms with Crippen LogP contribution in [0.25, 0.3) is 0 Å². The highest BCUT2D eigenvalue weighted by Crippen LogP contribution is 2.22. The maximum atomic E-state index is 12.0. The maximum absolute atomic E-state index is 12.0. The Morgan fingerprint density at radius 1 is 0.730 bits per heavy atom. The van der Waals surface area contributed by atoms with E-state index in [1.807, 2.05) is 50.2 Å². The predicted octanol–water partition coefficient (Wildman–Crippen LogP) is 6.34. The van der Waals surface area contributed by atoms with E-state index in [0.717, 1.165) is 52.2 Å². The Bertz CT molecular complexity index is 993. The fraction of sp³-hybridized carbons (Fsp3) is 0.407. The Morgan fingerprint density at radius 3 is 1.54 bits per heavy atom. The molecule has 0 saturated heterocycles. The lowest BCUT2D eigenvalue weighted by atomic mass is 10.1. The summed E-state index contributed by atoms with van der Waals surface area (Å²) in [5.41, 5.74) is 6.70. The molecule has 0 spiro atoms. The molecule has 200 valence electrons. The molecule has 2 N–H and O–H groups in total. The van der Waals surface area contributed by atoms with Crippen molar-refractivity contribution in [3.05, 3.63) is 56.5 Å². The van der Waals surface area contributed by atoms with Gasteiger partial charge >= 0.3 is 0 Å². The fourth-order valence-corrected chi connectivity index (χ4v) is 4.13. The van der Waals surface area contributed by atoms with Crippen LogP contribution in [0.2, 0.25) is 0 Å². The van der Waals surface area contributed by atoms with Crippen molar-refractivity contribution in [1.82, 2.24) is 10.9 Å². The zero-order chi connectivity index (χ0) is 26.9. The molecule has 2 aromatic carbocycles. The van der Waals surface area contributed by atoms with E-state index in [-0.39, 0.29) is 11.8 Å². The number of nitrogens with zero attached hydrogens (tertiary/aromatic N) is 2. The van der Waals surface area contributed by atoms with Gasteiger partial charge in [-0.3, -0.25) is 9.59 Å². The van der Waals surface area contributed by atoms with Crippen molar-refractivity contribution in [2.45, 2.75) is 58.8 Å². The second-order valence-corrected chi connectivity index (χ2v) is 9.92. The first-order chi connectivity index (χ1) is 17.9. The zero-order valence-electron chi connectivity index (χ0n) is 21.3. The van der Waals surface area contributed by atoms with Crippen molar-refractivity contribution in [2.24, 2.45) is 10.2 Å². The van der Waals surface area contributed by atoms with Crippen LogP contribution in [-0.4, -0.2) is 37.5 Å². The molecule has 2 rings (SSSR count). The summed E-state index contributed by atoms with van der Waals surface area (Å²) in [6.45, 7) is 4.93. The van der Waals surface area contributed by atoms with Gasteiger partial charge in [0.1, 0.15) is 11.5 Å². The Labute approximate surface area is 235 Å². The van der Waals surface area contributed by atoms with Crippen molar-refractivity contribution in [3.63, 3.8) is 0 Å². The predicted molar refractivity (Wildman–Crippen MR) is 154 cm³/mol. The summed E-state index contributed by atoms with van der Waals surface area (Å²) in [6, 6.07) is 11.3. The van der Waals surface area contributed by atoms with Crippen LogP contribution >= 0.6 is 31.9 Å². The van der Waals surface area contributed by atoms with Gasteiger partial charge in [-0.25, -0.2) is 10.9 Å². The maximum Gasteiger partial charge on any atom is 0.240 e. The number of carbonyl (C=O) groups is 2. The molecular formula is C27H34Br2N4O4. The van der Waals surface area contributed by atoms with E-state index in [1.165, 1.54) is 0 Å². The molecule has 0 aliphatic heterocycles. The first-order valence-electron chi connectivity index (χ1n) is 12.4. The number of halogens is 2. The summed E-state index contributed by atoms with van der Waals surface area (Å²) in [6.07, 6.45) is 8.31. The van der Waals surface area contributed by atoms with E-state index < -0.39 is 0 Å². The SMILES string of the molecule is CCOc1ccc(Br)cc1C=NNC(=O)CCCCCCCC(=O)NN=Cc1cc(Br)ccc1OCC. The lowest BCUT2D eigenvalue weighted by Crippen LogP contribution is -2.17. The van der Waals surface area contributed by atoms with Crippen molar-refractivity contribution >= 4 is 56.1 Å². The minimum absolute atomic E-state index is 0.126. The number of rotatable bonds is 16. The molecule has 8 nitrogen and oxygen atoms in total. The molecule has 0 aromatic heterocycles. The molecule has 0 heterocycles. The first kappa shape index (κ1) is 30.5. The monoisotopic (exact) mass is 636 g/mol. The Kier molecular flexibility index (Phi) is 14.6. The third kappa shape index (κ3) is 12.4. The van der Waals surface area contributed by atoms with Crippen LogP contribution < -0.4 is 20.3 Å². The third-order valence-corrected chi connectivity index (χ3v) is 6.12. The summed E-state index contributed by atoms with van der Waals surface area (Å²) >= 11 is 6.85. The highest BCUT2D eigenvalue weighted by atomic mass is 79.9. The van der Waals surface area contributed by atoms with Gasteiger partial charge < -0.3 is 9.47 Å². The molecule has 0 unspecified atom stereocenters. The molecule has 0 radical (unpaired) electrons. The lowest BCUT2D eigenvalue weighted by Gasteiger charge is -2.07. The van der Waals surface area contributed by atoms with E-state index >= 15 is 0 Å². The van der Waals surface area contributed by atoms with Crippen LogP contribution in [0.1, 0.15) is 69.9 Å². The third-order valence-electron chi connectivity index (χ3n) is 5.14. The number of amides is 2. The van der Waals surface area contributed by atoms with Gasteiger partial charge in [0.05, 0.1) is 25.6 Å². The van der Waals surface area contributed by atoms with Gasteiger partial charge in [0.15, 0.2) is 0 Å². The number of hydrogen-bond donors (Lipinski definition) is 2. The summed E-state index contributed by atoms with van der Waals surface area (Å²) in [4.78, 5) is 24.1. The average Bonchev–Trinajstić information content (AvgIpc) is 2.86. The van der Waals surface area contributed by atoms with Crippen LogP contribution in [0.3, 0.4) is 0 Å². The van der Waals surface area contributed by atoms with Crippen molar-refractivity contribution in [3.8, 4) is 11.5 Å². The van der Waals surface area contributed by atoms with E-state index in [1.54, 1.807) is 12.4 Å². The van der Waals surface area contributed by atoms with Crippen LogP contribution in [0.4, 0.5) is 0 Å². The smallest absolute Gasteiger partial charge is 0.240 e. The number of hydrogen-bond acceptors (Lipinski definition) is 6. The first-order valence-corrected chi connectivity index (χ1v) is 14.0. The number of carbonyl (C=O) groups excluding carboxylic acids is 2. The van der Waals surface area contributed by atoms with Gasteiger partial charge in [-0.15, -0.1) is 0 Å². The Hall–Kier alpha value is -2.72. The summed E-state index contributed by atoms with van der Waals surface area (Å²) in [5, 5.41) is 8.09. The number of unbranched alkanes of at least 4 members (excludes halogenated alkanes) is 4. The molecule has 0 bridgehead atoms. The summed E-state index contributed by atoms with van der Waals surface area (Å²) in [7, 11) is 0. The van der Waals surface area contributed by atoms with E-state index in [2.05, 4.69) is 52.9 Å². The minimum Gasteiger partial charge on any atom is -0.493 e. The Morgan fingerprint density at radius 2 is 1.14 bits per heavy atom. The number of benzene rings is 2. The van der Waals surface area contributed by atoms with Crippen molar-refractivity contribution in [2.75, 3.05) is 13.2 Å². The molecule has 2 aromatic rings. The minimum atomic E-state index is -0.126. The largest absolute Gasteiger partial charge is 0.493 e. The second-order valence-electron chi connectivity index (χ2n) is 8.08. The Balaban J connectivity index is 1.57. The van der Waals surface area contributed by atoms with Crippen LogP contribution in [0.15, 0.2) is 55.5 Å². The van der Waals surface area contributed by atoms with Gasteiger partial charge in [-0.05, 0) is 63.1 Å². The standard InChI is InChI=1S/C27H34Br2N4O4/c1-3-36-24-14-12-22(28)16-20(24)18-30-32-26(34)10-8-6-5-7-9-11-27(35)33-31-19-21-17-23(29)13-15-25(21)37-4-2/h12-19H,3-11H2,1-2H3,(H,32,34)(H,33,35). The second kappa shape index (κ2) is 17.7. The van der Waals surface area contributed by atoms with Gasteiger partial charge in [0.25, 0.3) is 0 Å². The van der Waals surface area contributed by atoms with Gasteiger partial charge in [-0.2, -0.15) is 10.2 Å². The van der Waals surface area contributed by atoms with E-state index in [4.69, 9.17) is 9.47 Å². The summed E-state index contributed by atoms with van der Waals surface area (Å²) in [5.74, 6) is 1.17. The molecular weight excluding hydrogens is 604 g/mol. The van der Waals surface area contributed by atoms with E-state index in [9.17, 15) is 9.59 Å². The molecule has 0 fully saturated rings. The number of ether oxygens (including phenoxy) is 2. The van der Waals surface area contributed by atoms with Gasteiger partial charge in [-0.1, -0.05) is 51.1 Å². The quantitative estimate of drug-likeness (QED) is 0.127. The number of nitrogens with one attached hydrogen (secondary N) is 2. The van der Waals surface area contributed by atoms with Crippen LogP contribution in [0.5, 0.6) is 11.5 Å².